The first-order chi connectivity index (χ1) is 7.24. The topological polar surface area (TPSA) is 38.1 Å². The minimum atomic E-state index is 0.276. The van der Waals surface area contributed by atoms with Crippen LogP contribution in [0.15, 0.2) is 28.2 Å². The van der Waals surface area contributed by atoms with Crippen LogP contribution in [0.25, 0.3) is 0 Å². The van der Waals surface area contributed by atoms with Crippen LogP contribution in [0.4, 0.5) is 5.13 Å². The van der Waals surface area contributed by atoms with E-state index < -0.39 is 0 Å². The van der Waals surface area contributed by atoms with Crippen molar-refractivity contribution in [3.05, 3.63) is 34.7 Å². The Kier molecular flexibility index (Phi) is 3.28. The van der Waals surface area contributed by atoms with Crippen molar-refractivity contribution in [2.45, 2.75) is 19.4 Å². The molecule has 2 aromatic rings. The Labute approximate surface area is 97.1 Å². The van der Waals surface area contributed by atoms with Crippen LogP contribution >= 0.6 is 22.9 Å². The monoisotopic (exact) mass is 242 g/mol. The van der Waals surface area contributed by atoms with E-state index in [1.807, 2.05) is 17.5 Å². The van der Waals surface area contributed by atoms with Crippen LogP contribution in [0, 0.1) is 0 Å². The van der Waals surface area contributed by atoms with Gasteiger partial charge in [0.1, 0.15) is 10.9 Å². The normalized spacial score (nSPS) is 12.7. The van der Waals surface area contributed by atoms with E-state index in [9.17, 15) is 0 Å². The lowest BCUT2D eigenvalue weighted by Gasteiger charge is -2.10. The molecular weight excluding hydrogens is 232 g/mol. The molecule has 0 saturated carbocycles. The highest BCUT2D eigenvalue weighted by Crippen LogP contribution is 2.20. The Morgan fingerprint density at radius 1 is 1.67 bits per heavy atom. The number of nitrogens with one attached hydrogen (secondary N) is 1. The summed E-state index contributed by atoms with van der Waals surface area (Å²) in [5.41, 5.74) is 0. The van der Waals surface area contributed by atoms with Crippen molar-refractivity contribution in [2.24, 2.45) is 0 Å². The number of hydrogen-bond acceptors (Lipinski definition) is 4. The summed E-state index contributed by atoms with van der Waals surface area (Å²) in [6.07, 6.45) is 2.52. The van der Waals surface area contributed by atoms with Gasteiger partial charge in [0.15, 0.2) is 5.13 Å². The van der Waals surface area contributed by atoms with Crippen LogP contribution in [0.1, 0.15) is 12.7 Å². The molecule has 1 N–H and O–H groups in total. The second-order valence-corrected chi connectivity index (χ2v) is 4.55. The number of nitrogens with zero attached hydrogens (tertiary/aromatic N) is 1. The van der Waals surface area contributed by atoms with Crippen molar-refractivity contribution in [3.8, 4) is 0 Å². The average molecular weight is 243 g/mol. The Morgan fingerprint density at radius 2 is 2.53 bits per heavy atom. The van der Waals surface area contributed by atoms with E-state index in [1.54, 1.807) is 6.26 Å². The summed E-state index contributed by atoms with van der Waals surface area (Å²) in [6.45, 7) is 2.08. The Bertz CT molecular complexity index is 413. The number of rotatable bonds is 4. The number of aromatic nitrogens is 1. The molecule has 0 aliphatic rings. The predicted octanol–water partition coefficient (Wildman–Crippen LogP) is 3.43. The summed E-state index contributed by atoms with van der Waals surface area (Å²) in [4.78, 5) is 4.12. The first-order valence-corrected chi connectivity index (χ1v) is 5.90. The molecule has 0 radical (unpaired) electrons. The molecule has 1 atom stereocenters. The molecule has 0 spiro atoms. The zero-order valence-electron chi connectivity index (χ0n) is 8.24. The first kappa shape index (κ1) is 10.5. The van der Waals surface area contributed by atoms with Gasteiger partial charge in [0, 0.05) is 17.8 Å². The van der Waals surface area contributed by atoms with Gasteiger partial charge in [0.2, 0.25) is 0 Å². The molecule has 5 heteroatoms. The summed E-state index contributed by atoms with van der Waals surface area (Å²) in [5.74, 6) is 0.970. The zero-order chi connectivity index (χ0) is 10.7. The highest BCUT2D eigenvalue weighted by molar-refractivity contribution is 7.14. The van der Waals surface area contributed by atoms with E-state index >= 15 is 0 Å². The van der Waals surface area contributed by atoms with Gasteiger partial charge in [-0.3, -0.25) is 0 Å². The third-order valence-electron chi connectivity index (χ3n) is 1.93. The summed E-state index contributed by atoms with van der Waals surface area (Å²) in [5, 5.41) is 6.45. The van der Waals surface area contributed by atoms with E-state index in [-0.39, 0.29) is 6.04 Å². The van der Waals surface area contributed by atoms with Crippen LogP contribution in [-0.2, 0) is 6.42 Å². The average Bonchev–Trinajstić information content (AvgIpc) is 2.77. The molecule has 0 aliphatic carbocycles. The SMILES string of the molecule is CC(Cc1ccco1)Nc1nc(Cl)cs1. The van der Waals surface area contributed by atoms with Gasteiger partial charge in [0.25, 0.3) is 0 Å². The Morgan fingerprint density at radius 3 is 3.13 bits per heavy atom. The minimum Gasteiger partial charge on any atom is -0.469 e. The van der Waals surface area contributed by atoms with Gasteiger partial charge in [-0.15, -0.1) is 11.3 Å². The van der Waals surface area contributed by atoms with Crippen LogP contribution in [-0.4, -0.2) is 11.0 Å². The summed E-state index contributed by atoms with van der Waals surface area (Å²) in [6, 6.07) is 4.13. The van der Waals surface area contributed by atoms with Crippen LogP contribution < -0.4 is 5.32 Å². The predicted molar refractivity (Wildman–Crippen MR) is 62.6 cm³/mol. The maximum Gasteiger partial charge on any atom is 0.184 e. The maximum atomic E-state index is 5.73. The van der Waals surface area contributed by atoms with Crippen molar-refractivity contribution < 1.29 is 4.42 Å². The Balaban J connectivity index is 1.90. The zero-order valence-corrected chi connectivity index (χ0v) is 9.81. The molecule has 0 amide bonds. The molecule has 80 valence electrons. The lowest BCUT2D eigenvalue weighted by atomic mass is 10.2. The smallest absolute Gasteiger partial charge is 0.184 e. The fourth-order valence-electron chi connectivity index (χ4n) is 1.31. The van der Waals surface area contributed by atoms with Gasteiger partial charge in [-0.1, -0.05) is 11.6 Å². The molecule has 15 heavy (non-hydrogen) atoms. The molecule has 0 aliphatic heterocycles. The van der Waals surface area contributed by atoms with Crippen molar-refractivity contribution in [1.29, 1.82) is 0 Å². The van der Waals surface area contributed by atoms with Crippen molar-refractivity contribution in [2.75, 3.05) is 5.32 Å². The van der Waals surface area contributed by atoms with Crippen molar-refractivity contribution >= 4 is 28.1 Å². The van der Waals surface area contributed by atoms with Crippen LogP contribution in [0.3, 0.4) is 0 Å². The second kappa shape index (κ2) is 4.68. The van der Waals surface area contributed by atoms with E-state index in [0.29, 0.717) is 5.15 Å². The molecule has 0 saturated heterocycles. The van der Waals surface area contributed by atoms with Crippen LogP contribution in [0.5, 0.6) is 0 Å². The fourth-order valence-corrected chi connectivity index (χ4v) is 2.26. The van der Waals surface area contributed by atoms with E-state index in [1.165, 1.54) is 11.3 Å². The summed E-state index contributed by atoms with van der Waals surface area (Å²) < 4.78 is 5.26. The largest absolute Gasteiger partial charge is 0.469 e. The van der Waals surface area contributed by atoms with Gasteiger partial charge in [-0.05, 0) is 19.1 Å². The molecule has 0 fully saturated rings. The third-order valence-corrected chi connectivity index (χ3v) is 3.03. The lowest BCUT2D eigenvalue weighted by molar-refractivity contribution is 0.498. The highest BCUT2D eigenvalue weighted by atomic mass is 35.5. The molecule has 2 rings (SSSR count). The molecule has 0 aromatic carbocycles. The minimum absolute atomic E-state index is 0.276. The lowest BCUT2D eigenvalue weighted by Crippen LogP contribution is -2.17. The molecule has 3 nitrogen and oxygen atoms in total. The fraction of sp³-hybridized carbons (Fsp3) is 0.300. The number of hydrogen-bond donors (Lipinski definition) is 1. The van der Waals surface area contributed by atoms with Gasteiger partial charge in [0.05, 0.1) is 6.26 Å². The number of thiazole rings is 1. The number of furan rings is 1. The van der Waals surface area contributed by atoms with E-state index in [4.69, 9.17) is 16.0 Å². The van der Waals surface area contributed by atoms with Crippen molar-refractivity contribution in [1.82, 2.24) is 4.98 Å². The third kappa shape index (κ3) is 2.97. The van der Waals surface area contributed by atoms with Gasteiger partial charge in [-0.2, -0.15) is 0 Å². The van der Waals surface area contributed by atoms with Gasteiger partial charge < -0.3 is 9.73 Å². The molecule has 0 bridgehead atoms. The molecule has 2 heterocycles. The quantitative estimate of drug-likeness (QED) is 0.893. The molecular formula is C10H11ClN2OS. The number of halogens is 1. The summed E-state index contributed by atoms with van der Waals surface area (Å²) >= 11 is 7.23. The molecule has 1 unspecified atom stereocenters. The van der Waals surface area contributed by atoms with Gasteiger partial charge in [-0.25, -0.2) is 4.98 Å². The Hall–Kier alpha value is -1.000. The number of anilines is 1. The van der Waals surface area contributed by atoms with Gasteiger partial charge >= 0.3 is 0 Å². The maximum absolute atomic E-state index is 5.73. The standard InChI is InChI=1S/C10H11ClN2OS/c1-7(5-8-3-2-4-14-8)12-10-13-9(11)6-15-10/h2-4,6-7H,5H2,1H3,(H,12,13). The first-order valence-electron chi connectivity index (χ1n) is 4.64. The highest BCUT2D eigenvalue weighted by Gasteiger charge is 2.07. The summed E-state index contributed by atoms with van der Waals surface area (Å²) in [7, 11) is 0. The van der Waals surface area contributed by atoms with E-state index in [2.05, 4.69) is 17.2 Å². The van der Waals surface area contributed by atoms with Crippen LogP contribution in [0.2, 0.25) is 5.15 Å². The van der Waals surface area contributed by atoms with E-state index in [0.717, 1.165) is 17.3 Å². The van der Waals surface area contributed by atoms with Crippen molar-refractivity contribution in [3.63, 3.8) is 0 Å². The second-order valence-electron chi connectivity index (χ2n) is 3.30. The molecule has 2 aromatic heterocycles.